The number of sulfonamides is 1. The van der Waals surface area contributed by atoms with Gasteiger partial charge in [-0.05, 0) is 31.4 Å². The maximum Gasteiger partial charge on any atom is 0.244 e. The molecule has 0 aromatic heterocycles. The standard InChI is InChI=1S/C17H22N4O3S/c1-13-4-2-6-16(15(13)10-18)25(23,24)20-8-3-5-14(12-20)21-9-7-19-11-17(21)22/h2,4,6,14,19H,3,5,7-9,11-12H2,1H3. The summed E-state index contributed by atoms with van der Waals surface area (Å²) in [6.07, 6.45) is 1.51. The molecule has 7 nitrogen and oxygen atoms in total. The van der Waals surface area contributed by atoms with Crippen LogP contribution in [0.2, 0.25) is 0 Å². The lowest BCUT2D eigenvalue weighted by atomic mass is 10.1. The fraction of sp³-hybridized carbons (Fsp3) is 0.529. The van der Waals surface area contributed by atoms with Gasteiger partial charge in [0.1, 0.15) is 11.0 Å². The van der Waals surface area contributed by atoms with E-state index < -0.39 is 10.0 Å². The molecule has 2 saturated heterocycles. The van der Waals surface area contributed by atoms with Gasteiger partial charge in [0.2, 0.25) is 15.9 Å². The first-order valence-corrected chi connectivity index (χ1v) is 9.89. The smallest absolute Gasteiger partial charge is 0.244 e. The zero-order chi connectivity index (χ0) is 18.0. The van der Waals surface area contributed by atoms with Crippen LogP contribution in [0.3, 0.4) is 0 Å². The second-order valence-corrected chi connectivity index (χ2v) is 8.39. The number of amides is 1. The Kier molecular flexibility index (Phi) is 5.08. The lowest BCUT2D eigenvalue weighted by Gasteiger charge is -2.40. The molecular weight excluding hydrogens is 340 g/mol. The van der Waals surface area contributed by atoms with Crippen LogP contribution in [-0.4, -0.2) is 62.3 Å². The number of benzene rings is 1. The van der Waals surface area contributed by atoms with Crippen molar-refractivity contribution in [2.75, 3.05) is 32.7 Å². The van der Waals surface area contributed by atoms with Gasteiger partial charge in [0.25, 0.3) is 0 Å². The van der Waals surface area contributed by atoms with E-state index in [0.717, 1.165) is 13.0 Å². The number of piperidine rings is 1. The highest BCUT2D eigenvalue weighted by atomic mass is 32.2. The van der Waals surface area contributed by atoms with Crippen molar-refractivity contribution in [3.63, 3.8) is 0 Å². The molecule has 0 saturated carbocycles. The van der Waals surface area contributed by atoms with Crippen molar-refractivity contribution in [3.8, 4) is 6.07 Å². The van der Waals surface area contributed by atoms with Gasteiger partial charge in [0.05, 0.1) is 12.1 Å². The molecule has 1 aromatic carbocycles. The van der Waals surface area contributed by atoms with Crippen molar-refractivity contribution in [2.24, 2.45) is 0 Å². The van der Waals surface area contributed by atoms with Gasteiger partial charge < -0.3 is 10.2 Å². The summed E-state index contributed by atoms with van der Waals surface area (Å²) in [5.74, 6) is 0.0174. The maximum absolute atomic E-state index is 13.1. The second-order valence-electron chi connectivity index (χ2n) is 6.48. The molecule has 2 heterocycles. The molecule has 1 atom stereocenters. The van der Waals surface area contributed by atoms with Crippen LogP contribution in [0.4, 0.5) is 0 Å². The van der Waals surface area contributed by atoms with E-state index in [4.69, 9.17) is 0 Å². The summed E-state index contributed by atoms with van der Waals surface area (Å²) in [6, 6.07) is 6.78. The van der Waals surface area contributed by atoms with Gasteiger partial charge in [-0.2, -0.15) is 9.57 Å². The van der Waals surface area contributed by atoms with Crippen LogP contribution in [0.15, 0.2) is 23.1 Å². The van der Waals surface area contributed by atoms with Crippen molar-refractivity contribution in [2.45, 2.75) is 30.7 Å². The molecule has 2 fully saturated rings. The second kappa shape index (κ2) is 7.12. The Morgan fingerprint density at radius 3 is 2.84 bits per heavy atom. The summed E-state index contributed by atoms with van der Waals surface area (Å²) in [7, 11) is -3.76. The van der Waals surface area contributed by atoms with Gasteiger partial charge in [-0.25, -0.2) is 8.42 Å². The highest BCUT2D eigenvalue weighted by Crippen LogP contribution is 2.26. The number of aryl methyl sites for hydroxylation is 1. The number of nitrogens with zero attached hydrogens (tertiary/aromatic N) is 3. The molecule has 25 heavy (non-hydrogen) atoms. The normalized spacial score (nSPS) is 22.6. The van der Waals surface area contributed by atoms with Crippen LogP contribution in [0.5, 0.6) is 0 Å². The van der Waals surface area contributed by atoms with Crippen LogP contribution in [0.25, 0.3) is 0 Å². The van der Waals surface area contributed by atoms with E-state index >= 15 is 0 Å². The summed E-state index contributed by atoms with van der Waals surface area (Å²) >= 11 is 0. The first-order valence-electron chi connectivity index (χ1n) is 8.45. The maximum atomic E-state index is 13.1. The van der Waals surface area contributed by atoms with Crippen LogP contribution in [0.1, 0.15) is 24.0 Å². The average molecular weight is 362 g/mol. The van der Waals surface area contributed by atoms with Gasteiger partial charge >= 0.3 is 0 Å². The quantitative estimate of drug-likeness (QED) is 0.843. The largest absolute Gasteiger partial charge is 0.336 e. The average Bonchev–Trinajstić information content (AvgIpc) is 2.62. The van der Waals surface area contributed by atoms with E-state index in [-0.39, 0.29) is 29.0 Å². The topological polar surface area (TPSA) is 93.5 Å². The van der Waals surface area contributed by atoms with Crippen LogP contribution < -0.4 is 5.32 Å². The monoisotopic (exact) mass is 362 g/mol. The Bertz CT molecular complexity index is 816. The van der Waals surface area contributed by atoms with Crippen LogP contribution in [-0.2, 0) is 14.8 Å². The molecule has 1 N–H and O–H groups in total. The van der Waals surface area contributed by atoms with Gasteiger partial charge in [0.15, 0.2) is 0 Å². The minimum atomic E-state index is -3.76. The molecule has 0 bridgehead atoms. The van der Waals surface area contributed by atoms with E-state index in [0.29, 0.717) is 31.6 Å². The molecule has 2 aliphatic rings. The lowest BCUT2D eigenvalue weighted by Crippen LogP contribution is -2.57. The zero-order valence-electron chi connectivity index (χ0n) is 14.2. The summed E-state index contributed by atoms with van der Waals surface area (Å²) < 4.78 is 27.6. The number of carbonyl (C=O) groups excluding carboxylic acids is 1. The van der Waals surface area contributed by atoms with E-state index in [2.05, 4.69) is 5.32 Å². The number of hydrogen-bond donors (Lipinski definition) is 1. The highest BCUT2D eigenvalue weighted by molar-refractivity contribution is 7.89. The van der Waals surface area contributed by atoms with Gasteiger partial charge in [-0.15, -0.1) is 0 Å². The molecule has 1 amide bonds. The van der Waals surface area contributed by atoms with Crippen molar-refractivity contribution in [3.05, 3.63) is 29.3 Å². The zero-order valence-corrected chi connectivity index (χ0v) is 15.1. The minimum Gasteiger partial charge on any atom is -0.336 e. The van der Waals surface area contributed by atoms with Gasteiger partial charge in [-0.1, -0.05) is 12.1 Å². The first-order chi connectivity index (χ1) is 11.9. The van der Waals surface area contributed by atoms with E-state index in [1.54, 1.807) is 24.0 Å². The highest BCUT2D eigenvalue weighted by Gasteiger charge is 2.36. The number of hydrogen-bond acceptors (Lipinski definition) is 5. The molecule has 8 heteroatoms. The summed E-state index contributed by atoms with van der Waals surface area (Å²) in [5, 5.41) is 12.4. The Balaban J connectivity index is 1.87. The lowest BCUT2D eigenvalue weighted by molar-refractivity contribution is -0.135. The third kappa shape index (κ3) is 3.40. The number of rotatable bonds is 3. The Hall–Kier alpha value is -1.95. The SMILES string of the molecule is Cc1cccc(S(=O)(=O)N2CCCC(N3CCNCC3=O)C2)c1C#N. The number of piperazine rings is 1. The molecular formula is C17H22N4O3S. The summed E-state index contributed by atoms with van der Waals surface area (Å²) in [4.78, 5) is 14.0. The number of carbonyl (C=O) groups is 1. The third-order valence-corrected chi connectivity index (χ3v) is 6.80. The fourth-order valence-electron chi connectivity index (χ4n) is 3.54. The van der Waals surface area contributed by atoms with Gasteiger partial charge in [-0.3, -0.25) is 4.79 Å². The Labute approximate surface area is 148 Å². The van der Waals surface area contributed by atoms with E-state index in [1.807, 2.05) is 6.07 Å². The van der Waals surface area contributed by atoms with Gasteiger partial charge in [0, 0.05) is 32.2 Å². The molecule has 0 radical (unpaired) electrons. The predicted molar refractivity (Wildman–Crippen MR) is 92.3 cm³/mol. The summed E-state index contributed by atoms with van der Waals surface area (Å²) in [6.45, 7) is 4.07. The molecule has 1 unspecified atom stereocenters. The Morgan fingerprint density at radius 1 is 1.32 bits per heavy atom. The molecule has 2 aliphatic heterocycles. The Morgan fingerprint density at radius 2 is 2.12 bits per heavy atom. The summed E-state index contributed by atoms with van der Waals surface area (Å²) in [5.41, 5.74) is 0.845. The van der Waals surface area contributed by atoms with Crippen molar-refractivity contribution in [1.82, 2.24) is 14.5 Å². The minimum absolute atomic E-state index is 0.0174. The van der Waals surface area contributed by atoms with E-state index in [1.165, 1.54) is 10.4 Å². The molecule has 3 rings (SSSR count). The number of nitrogens with one attached hydrogen (secondary N) is 1. The van der Waals surface area contributed by atoms with E-state index in [9.17, 15) is 18.5 Å². The molecule has 134 valence electrons. The molecule has 0 spiro atoms. The van der Waals surface area contributed by atoms with Crippen molar-refractivity contribution >= 4 is 15.9 Å². The third-order valence-electron chi connectivity index (χ3n) is 4.89. The van der Waals surface area contributed by atoms with Crippen LogP contribution >= 0.6 is 0 Å². The molecule has 1 aromatic rings. The van der Waals surface area contributed by atoms with Crippen molar-refractivity contribution < 1.29 is 13.2 Å². The number of nitriles is 1. The molecule has 0 aliphatic carbocycles. The predicted octanol–water partition coefficient (Wildman–Crippen LogP) is 0.452. The van der Waals surface area contributed by atoms with Crippen LogP contribution in [0, 0.1) is 18.3 Å². The first kappa shape index (κ1) is 17.9. The fourth-order valence-corrected chi connectivity index (χ4v) is 5.27. The van der Waals surface area contributed by atoms with Crippen molar-refractivity contribution in [1.29, 1.82) is 5.26 Å².